The van der Waals surface area contributed by atoms with E-state index in [-0.39, 0.29) is 17.8 Å². The van der Waals surface area contributed by atoms with E-state index in [0.717, 1.165) is 0 Å². The van der Waals surface area contributed by atoms with Gasteiger partial charge >= 0.3 is 6.18 Å². The van der Waals surface area contributed by atoms with E-state index in [9.17, 15) is 13.2 Å². The first-order valence-electron chi connectivity index (χ1n) is 4.13. The van der Waals surface area contributed by atoms with E-state index in [1.165, 1.54) is 17.4 Å². The van der Waals surface area contributed by atoms with E-state index < -0.39 is 11.7 Å². The van der Waals surface area contributed by atoms with Gasteiger partial charge in [-0.2, -0.15) is 18.2 Å². The average Bonchev–Trinajstić information content (AvgIpc) is 2.68. The third-order valence-electron chi connectivity index (χ3n) is 1.87. The van der Waals surface area contributed by atoms with E-state index in [2.05, 4.69) is 9.97 Å². The number of nitrogens with zero attached hydrogens (tertiary/aromatic N) is 3. The van der Waals surface area contributed by atoms with Crippen LogP contribution in [0.25, 0.3) is 0 Å². The number of ether oxygens (including phenoxy) is 1. The minimum atomic E-state index is -4.53. The lowest BCUT2D eigenvalue weighted by Gasteiger charge is -2.17. The number of halogens is 4. The van der Waals surface area contributed by atoms with Crippen LogP contribution in [0.3, 0.4) is 0 Å². The van der Waals surface area contributed by atoms with Crippen LogP contribution in [0.15, 0.2) is 18.7 Å². The number of hydrogen-bond acceptors (Lipinski definition) is 4. The Kier molecular flexibility index (Phi) is 2.63. The SMILES string of the molecule is FC(F)(F)c1cnc(Cl)nc1N1C=COC1. The van der Waals surface area contributed by atoms with Crippen LogP contribution in [0.2, 0.25) is 5.28 Å². The lowest BCUT2D eigenvalue weighted by molar-refractivity contribution is -0.137. The normalized spacial score (nSPS) is 15.4. The molecule has 1 aliphatic rings. The summed E-state index contributed by atoms with van der Waals surface area (Å²) >= 11 is 5.46. The molecule has 86 valence electrons. The molecular weight excluding hydrogens is 247 g/mol. The number of hydrogen-bond donors (Lipinski definition) is 0. The Hall–Kier alpha value is -1.50. The maximum Gasteiger partial charge on any atom is 0.421 e. The zero-order valence-corrected chi connectivity index (χ0v) is 8.46. The highest BCUT2D eigenvalue weighted by molar-refractivity contribution is 6.28. The van der Waals surface area contributed by atoms with Gasteiger partial charge in [-0.25, -0.2) is 4.98 Å². The summed E-state index contributed by atoms with van der Waals surface area (Å²) in [7, 11) is 0. The summed E-state index contributed by atoms with van der Waals surface area (Å²) in [5, 5.41) is -0.247. The van der Waals surface area contributed by atoms with E-state index in [1.807, 2.05) is 0 Å². The molecule has 8 heteroatoms. The quantitative estimate of drug-likeness (QED) is 0.719. The minimum absolute atomic E-state index is 0.0313. The highest BCUT2D eigenvalue weighted by Gasteiger charge is 2.37. The van der Waals surface area contributed by atoms with Crippen LogP contribution in [0.4, 0.5) is 19.0 Å². The van der Waals surface area contributed by atoms with Crippen molar-refractivity contribution in [2.24, 2.45) is 0 Å². The second-order valence-electron chi connectivity index (χ2n) is 2.92. The second-order valence-corrected chi connectivity index (χ2v) is 3.26. The van der Waals surface area contributed by atoms with Crippen molar-refractivity contribution in [3.05, 3.63) is 29.5 Å². The summed E-state index contributed by atoms with van der Waals surface area (Å²) in [6, 6.07) is 0. The van der Waals surface area contributed by atoms with Crippen LogP contribution in [-0.2, 0) is 10.9 Å². The molecular formula is C8H5ClF3N3O. The Bertz CT molecular complexity index is 435. The van der Waals surface area contributed by atoms with Gasteiger partial charge in [0.1, 0.15) is 11.8 Å². The molecule has 0 N–H and O–H groups in total. The first-order valence-corrected chi connectivity index (χ1v) is 4.51. The molecule has 4 nitrogen and oxygen atoms in total. The van der Waals surface area contributed by atoms with Gasteiger partial charge < -0.3 is 4.74 Å². The monoisotopic (exact) mass is 251 g/mol. The molecule has 0 aliphatic carbocycles. The molecule has 0 aromatic carbocycles. The Balaban J connectivity index is 2.48. The number of anilines is 1. The highest BCUT2D eigenvalue weighted by Crippen LogP contribution is 2.36. The van der Waals surface area contributed by atoms with Gasteiger partial charge in [0.15, 0.2) is 12.5 Å². The predicted molar refractivity (Wildman–Crippen MR) is 49.6 cm³/mol. The van der Waals surface area contributed by atoms with Crippen LogP contribution in [-0.4, -0.2) is 16.7 Å². The highest BCUT2D eigenvalue weighted by atomic mass is 35.5. The van der Waals surface area contributed by atoms with Crippen LogP contribution in [0.1, 0.15) is 5.56 Å². The van der Waals surface area contributed by atoms with E-state index >= 15 is 0 Å². The van der Waals surface area contributed by atoms with Crippen molar-refractivity contribution in [2.75, 3.05) is 11.6 Å². The van der Waals surface area contributed by atoms with Crippen LogP contribution < -0.4 is 4.90 Å². The molecule has 2 heterocycles. The Morgan fingerprint density at radius 2 is 2.19 bits per heavy atom. The van der Waals surface area contributed by atoms with Gasteiger partial charge in [0.2, 0.25) is 5.28 Å². The molecule has 0 saturated carbocycles. The van der Waals surface area contributed by atoms with Gasteiger partial charge in [0.25, 0.3) is 0 Å². The Morgan fingerprint density at radius 1 is 1.44 bits per heavy atom. The van der Waals surface area contributed by atoms with Crippen molar-refractivity contribution in [3.8, 4) is 0 Å². The lowest BCUT2D eigenvalue weighted by Crippen LogP contribution is -2.20. The summed E-state index contributed by atoms with van der Waals surface area (Å²) < 4.78 is 42.7. The third kappa shape index (κ3) is 2.04. The molecule has 16 heavy (non-hydrogen) atoms. The average molecular weight is 252 g/mol. The largest absolute Gasteiger partial charge is 0.479 e. The summed E-state index contributed by atoms with van der Waals surface area (Å²) in [6.07, 6.45) is -1.27. The Morgan fingerprint density at radius 3 is 2.75 bits per heavy atom. The van der Waals surface area contributed by atoms with E-state index in [1.54, 1.807) is 0 Å². The van der Waals surface area contributed by atoms with Gasteiger partial charge in [0.05, 0.1) is 0 Å². The molecule has 1 aromatic rings. The molecule has 0 fully saturated rings. The van der Waals surface area contributed by atoms with Crippen molar-refractivity contribution in [2.45, 2.75) is 6.18 Å². The number of rotatable bonds is 1. The first kappa shape index (κ1) is 11.0. The van der Waals surface area contributed by atoms with Gasteiger partial charge in [-0.05, 0) is 11.6 Å². The van der Waals surface area contributed by atoms with Gasteiger partial charge in [-0.1, -0.05) is 0 Å². The Labute approximate surface area is 93.3 Å². The minimum Gasteiger partial charge on any atom is -0.479 e. The second kappa shape index (κ2) is 3.82. The predicted octanol–water partition coefficient (Wildman–Crippen LogP) is 2.41. The first-order chi connectivity index (χ1) is 7.48. The topological polar surface area (TPSA) is 38.2 Å². The summed E-state index contributed by atoms with van der Waals surface area (Å²) in [5.41, 5.74) is -0.952. The molecule has 2 rings (SSSR count). The van der Waals surface area contributed by atoms with Crippen LogP contribution in [0.5, 0.6) is 0 Å². The summed E-state index contributed by atoms with van der Waals surface area (Å²) in [4.78, 5) is 8.06. The number of alkyl halides is 3. The molecule has 0 unspecified atom stereocenters. The zero-order chi connectivity index (χ0) is 11.8. The van der Waals surface area contributed by atoms with Crippen LogP contribution in [0, 0.1) is 0 Å². The van der Waals surface area contributed by atoms with Crippen molar-refractivity contribution < 1.29 is 17.9 Å². The molecule has 0 radical (unpaired) electrons. The smallest absolute Gasteiger partial charge is 0.421 e. The summed E-state index contributed by atoms with van der Waals surface area (Å²) in [6.45, 7) is -0.0313. The molecule has 0 saturated heterocycles. The number of aromatic nitrogens is 2. The van der Waals surface area contributed by atoms with Gasteiger partial charge in [-0.15, -0.1) is 0 Å². The molecule has 0 amide bonds. The molecule has 0 atom stereocenters. The van der Waals surface area contributed by atoms with E-state index in [0.29, 0.717) is 6.20 Å². The van der Waals surface area contributed by atoms with Crippen molar-refractivity contribution in [3.63, 3.8) is 0 Å². The lowest BCUT2D eigenvalue weighted by atomic mass is 10.3. The van der Waals surface area contributed by atoms with Crippen molar-refractivity contribution in [1.29, 1.82) is 0 Å². The fourth-order valence-electron chi connectivity index (χ4n) is 1.19. The molecule has 1 aliphatic heterocycles. The van der Waals surface area contributed by atoms with Crippen molar-refractivity contribution >= 4 is 17.4 Å². The van der Waals surface area contributed by atoms with Crippen molar-refractivity contribution in [1.82, 2.24) is 9.97 Å². The fraction of sp³-hybridized carbons (Fsp3) is 0.250. The fourth-order valence-corrected chi connectivity index (χ4v) is 1.31. The zero-order valence-electron chi connectivity index (χ0n) is 7.70. The molecule has 0 bridgehead atoms. The maximum absolute atomic E-state index is 12.6. The van der Waals surface area contributed by atoms with Crippen LogP contribution >= 0.6 is 11.6 Å². The summed E-state index contributed by atoms with van der Waals surface area (Å²) in [5.74, 6) is -0.318. The van der Waals surface area contributed by atoms with E-state index in [4.69, 9.17) is 16.3 Å². The van der Waals surface area contributed by atoms with Gasteiger partial charge in [0, 0.05) is 12.4 Å². The standard InChI is InChI=1S/C8H5ClF3N3O/c9-7-13-3-5(8(10,11)12)6(14-7)15-1-2-16-4-15/h1-3H,4H2. The third-order valence-corrected chi connectivity index (χ3v) is 2.05. The van der Waals surface area contributed by atoms with Gasteiger partial charge in [-0.3, -0.25) is 4.90 Å². The molecule has 1 aromatic heterocycles. The maximum atomic E-state index is 12.6. The molecule has 0 spiro atoms.